The lowest BCUT2D eigenvalue weighted by Gasteiger charge is -2.24. The summed E-state index contributed by atoms with van der Waals surface area (Å²) in [6.45, 7) is 0.530. The van der Waals surface area contributed by atoms with E-state index >= 15 is 0 Å². The third kappa shape index (κ3) is 3.56. The molecule has 1 aromatic heterocycles. The number of hydrogen-bond acceptors (Lipinski definition) is 4. The maximum atomic E-state index is 12.9. The molecular formula is C18H22N4O3. The third-order valence-corrected chi connectivity index (χ3v) is 4.66. The van der Waals surface area contributed by atoms with Gasteiger partial charge in [0.05, 0.1) is 12.1 Å². The number of carboxylic acid groups (broad SMARTS) is 1. The number of aliphatic carboxylic acids is 1. The van der Waals surface area contributed by atoms with E-state index in [0.29, 0.717) is 30.9 Å². The Morgan fingerprint density at radius 3 is 2.60 bits per heavy atom. The smallest absolute Gasteiger partial charge is 0.308 e. The van der Waals surface area contributed by atoms with Crippen molar-refractivity contribution in [2.75, 3.05) is 13.1 Å². The maximum absolute atomic E-state index is 12.9. The lowest BCUT2D eigenvalue weighted by atomic mass is 10.0. The van der Waals surface area contributed by atoms with Gasteiger partial charge in [-0.2, -0.15) is 0 Å². The van der Waals surface area contributed by atoms with E-state index in [1.54, 1.807) is 16.5 Å². The quantitative estimate of drug-likeness (QED) is 0.877. The number of rotatable bonds is 3. The molecule has 0 unspecified atom stereocenters. The van der Waals surface area contributed by atoms with Crippen LogP contribution in [-0.4, -0.2) is 50.6 Å². The van der Waals surface area contributed by atoms with E-state index in [0.717, 1.165) is 5.56 Å². The number of nitrogens with zero attached hydrogens (tertiary/aromatic N) is 3. The van der Waals surface area contributed by atoms with E-state index in [1.807, 2.05) is 30.3 Å². The molecule has 7 heteroatoms. The second kappa shape index (κ2) is 7.06. The van der Waals surface area contributed by atoms with Crippen LogP contribution in [0.5, 0.6) is 0 Å². The van der Waals surface area contributed by atoms with Crippen LogP contribution in [-0.2, 0) is 11.8 Å². The molecule has 0 saturated carbocycles. The highest BCUT2D eigenvalue weighted by Crippen LogP contribution is 2.22. The van der Waals surface area contributed by atoms with Crippen molar-refractivity contribution in [2.45, 2.75) is 18.9 Å². The fourth-order valence-corrected chi connectivity index (χ4v) is 3.21. The van der Waals surface area contributed by atoms with Gasteiger partial charge in [-0.15, -0.1) is 0 Å². The van der Waals surface area contributed by atoms with Gasteiger partial charge in [-0.25, -0.2) is 4.98 Å². The van der Waals surface area contributed by atoms with Crippen molar-refractivity contribution in [3.05, 3.63) is 42.2 Å². The van der Waals surface area contributed by atoms with Crippen LogP contribution in [0.25, 0.3) is 11.4 Å². The number of amides is 1. The van der Waals surface area contributed by atoms with Crippen molar-refractivity contribution in [3.63, 3.8) is 0 Å². The van der Waals surface area contributed by atoms with Gasteiger partial charge in [0.25, 0.3) is 5.91 Å². The topological polar surface area (TPSA) is 101 Å². The summed E-state index contributed by atoms with van der Waals surface area (Å²) in [4.78, 5) is 30.2. The third-order valence-electron chi connectivity index (χ3n) is 4.66. The van der Waals surface area contributed by atoms with Crippen molar-refractivity contribution >= 4 is 11.9 Å². The molecule has 1 saturated heterocycles. The first kappa shape index (κ1) is 17.2. The number of nitrogens with two attached hydrogens (primary N) is 1. The normalized spacial score (nSPS) is 21.0. The van der Waals surface area contributed by atoms with Crippen LogP contribution in [0.3, 0.4) is 0 Å². The van der Waals surface area contributed by atoms with E-state index in [-0.39, 0.29) is 18.5 Å². The minimum absolute atomic E-state index is 0.174. The Bertz CT molecular complexity index is 772. The van der Waals surface area contributed by atoms with E-state index in [2.05, 4.69) is 4.98 Å². The summed E-state index contributed by atoms with van der Waals surface area (Å²) in [5.74, 6) is -1.01. The minimum atomic E-state index is -0.887. The van der Waals surface area contributed by atoms with Gasteiger partial charge in [0.15, 0.2) is 0 Å². The second-order valence-corrected chi connectivity index (χ2v) is 6.47. The highest BCUT2D eigenvalue weighted by atomic mass is 16.4. The predicted molar refractivity (Wildman–Crippen MR) is 92.9 cm³/mol. The van der Waals surface area contributed by atoms with Gasteiger partial charge in [-0.05, 0) is 12.8 Å². The molecule has 7 nitrogen and oxygen atoms in total. The summed E-state index contributed by atoms with van der Waals surface area (Å²) in [5.41, 5.74) is 7.37. The first-order valence-corrected chi connectivity index (χ1v) is 8.32. The Kier molecular flexibility index (Phi) is 4.85. The molecule has 0 aliphatic carbocycles. The predicted octanol–water partition coefficient (Wildman–Crippen LogP) is 1.35. The van der Waals surface area contributed by atoms with Crippen molar-refractivity contribution < 1.29 is 14.7 Å². The van der Waals surface area contributed by atoms with E-state index in [9.17, 15) is 14.7 Å². The van der Waals surface area contributed by atoms with Gasteiger partial charge in [-0.3, -0.25) is 9.59 Å². The van der Waals surface area contributed by atoms with Crippen molar-refractivity contribution in [1.29, 1.82) is 0 Å². The Labute approximate surface area is 146 Å². The van der Waals surface area contributed by atoms with Gasteiger partial charge >= 0.3 is 5.97 Å². The number of hydrogen-bond donors (Lipinski definition) is 2. The standard InChI is InChI=1S/C18H22N4O3/c1-21-15(9-20-16(21)12-5-3-2-4-6-12)17(23)22-10-13(18(24)25)7-8-14(19)11-22/h2-6,9,13-14H,7-8,10-11,19H2,1H3,(H,24,25)/t13-,14+/m0/s1. The zero-order valence-electron chi connectivity index (χ0n) is 14.1. The van der Waals surface area contributed by atoms with E-state index < -0.39 is 11.9 Å². The summed E-state index contributed by atoms with van der Waals surface area (Å²) < 4.78 is 1.74. The number of aromatic nitrogens is 2. The zero-order valence-corrected chi connectivity index (χ0v) is 14.1. The zero-order chi connectivity index (χ0) is 18.0. The van der Waals surface area contributed by atoms with Gasteiger partial charge < -0.3 is 20.3 Å². The monoisotopic (exact) mass is 342 g/mol. The molecule has 3 N–H and O–H groups in total. The molecule has 1 aliphatic rings. The number of carboxylic acids is 1. The Morgan fingerprint density at radius 2 is 1.92 bits per heavy atom. The summed E-state index contributed by atoms with van der Waals surface area (Å²) in [5, 5.41) is 9.33. The van der Waals surface area contributed by atoms with Crippen LogP contribution in [0, 0.1) is 5.92 Å². The lowest BCUT2D eigenvalue weighted by Crippen LogP contribution is -2.42. The number of benzene rings is 1. The van der Waals surface area contributed by atoms with Crippen molar-refractivity contribution in [3.8, 4) is 11.4 Å². The molecule has 1 amide bonds. The minimum Gasteiger partial charge on any atom is -0.481 e. The SMILES string of the molecule is Cn1c(C(=O)N2C[C@H](N)CC[C@H](C(=O)O)C2)cnc1-c1ccccc1. The maximum Gasteiger partial charge on any atom is 0.308 e. The Balaban J connectivity index is 1.87. The van der Waals surface area contributed by atoms with E-state index in [1.165, 1.54) is 6.20 Å². The molecule has 1 aliphatic heterocycles. The molecule has 1 aromatic carbocycles. The molecule has 2 atom stereocenters. The van der Waals surface area contributed by atoms with Gasteiger partial charge in [0.1, 0.15) is 11.5 Å². The first-order valence-electron chi connectivity index (χ1n) is 8.32. The van der Waals surface area contributed by atoms with E-state index in [4.69, 9.17) is 5.73 Å². The molecule has 25 heavy (non-hydrogen) atoms. The van der Waals surface area contributed by atoms with Crippen LogP contribution < -0.4 is 5.73 Å². The molecule has 132 valence electrons. The van der Waals surface area contributed by atoms with Crippen LogP contribution in [0.1, 0.15) is 23.3 Å². The van der Waals surface area contributed by atoms with Crippen LogP contribution in [0.4, 0.5) is 0 Å². The fourth-order valence-electron chi connectivity index (χ4n) is 3.21. The average molecular weight is 342 g/mol. The Morgan fingerprint density at radius 1 is 1.20 bits per heavy atom. The van der Waals surface area contributed by atoms with Crippen molar-refractivity contribution in [1.82, 2.24) is 14.5 Å². The first-order chi connectivity index (χ1) is 12.0. The van der Waals surface area contributed by atoms with Gasteiger partial charge in [-0.1, -0.05) is 30.3 Å². The number of carbonyl (C=O) groups excluding carboxylic acids is 1. The summed E-state index contributed by atoms with van der Waals surface area (Å²) in [7, 11) is 1.79. The lowest BCUT2D eigenvalue weighted by molar-refractivity contribution is -0.142. The van der Waals surface area contributed by atoms with Gasteiger partial charge in [0.2, 0.25) is 0 Å². The fraction of sp³-hybridized carbons (Fsp3) is 0.389. The van der Waals surface area contributed by atoms with Crippen LogP contribution in [0.15, 0.2) is 36.5 Å². The molecule has 2 aromatic rings. The summed E-state index contributed by atoms with van der Waals surface area (Å²) in [6.07, 6.45) is 2.62. The van der Waals surface area contributed by atoms with Crippen molar-refractivity contribution in [2.24, 2.45) is 18.7 Å². The molecule has 0 radical (unpaired) electrons. The summed E-state index contributed by atoms with van der Waals surface area (Å²) >= 11 is 0. The summed E-state index contributed by atoms with van der Waals surface area (Å²) in [6, 6.07) is 9.39. The molecule has 0 bridgehead atoms. The largest absolute Gasteiger partial charge is 0.481 e. The highest BCUT2D eigenvalue weighted by molar-refractivity contribution is 5.93. The second-order valence-electron chi connectivity index (χ2n) is 6.47. The highest BCUT2D eigenvalue weighted by Gasteiger charge is 2.31. The number of carbonyl (C=O) groups is 2. The average Bonchev–Trinajstić information content (AvgIpc) is 2.86. The molecule has 2 heterocycles. The molecule has 1 fully saturated rings. The molecule has 0 spiro atoms. The molecule has 3 rings (SSSR count). The van der Waals surface area contributed by atoms with Gasteiger partial charge in [0, 0.05) is 31.7 Å². The molecular weight excluding hydrogens is 320 g/mol. The Hall–Kier alpha value is -2.67. The number of imidazole rings is 1. The number of likely N-dealkylation sites (tertiary alicyclic amines) is 1. The van der Waals surface area contributed by atoms with Crippen LogP contribution >= 0.6 is 0 Å². The van der Waals surface area contributed by atoms with Crippen LogP contribution in [0.2, 0.25) is 0 Å².